The number of benzene rings is 2. The van der Waals surface area contributed by atoms with Gasteiger partial charge in [-0.25, -0.2) is 0 Å². The number of anilines is 2. The van der Waals surface area contributed by atoms with E-state index in [0.29, 0.717) is 5.02 Å². The lowest BCUT2D eigenvalue weighted by atomic mass is 10.0. The van der Waals surface area contributed by atoms with Gasteiger partial charge in [-0.3, -0.25) is 4.98 Å². The van der Waals surface area contributed by atoms with Gasteiger partial charge in [0.25, 0.3) is 0 Å². The number of rotatable bonds is 6. The third-order valence-electron chi connectivity index (χ3n) is 4.50. The van der Waals surface area contributed by atoms with Crippen LogP contribution in [0, 0.1) is 0 Å². The molecule has 0 saturated carbocycles. The minimum Gasteiger partial charge on any atom is -0.338 e. The molecule has 134 valence electrons. The fraction of sp³-hybridized carbons (Fsp3) is 0.136. The molecular weight excluding hydrogens is 356 g/mol. The number of nitrogens with one attached hydrogen (secondary N) is 1. The fourth-order valence-corrected chi connectivity index (χ4v) is 3.24. The van der Waals surface area contributed by atoms with E-state index in [4.69, 9.17) is 11.6 Å². The molecule has 2 aromatic heterocycles. The molecule has 0 aliphatic carbocycles. The minimum atomic E-state index is 0.709. The average Bonchev–Trinajstić information content (AvgIpc) is 2.72. The second kappa shape index (κ2) is 8.14. The van der Waals surface area contributed by atoms with Crippen LogP contribution in [0.3, 0.4) is 0 Å². The Bertz CT molecular complexity index is 1030. The summed E-state index contributed by atoms with van der Waals surface area (Å²) in [6.45, 7) is 0. The fourth-order valence-electron chi connectivity index (χ4n) is 3.12. The van der Waals surface area contributed by atoms with Crippen molar-refractivity contribution < 1.29 is 0 Å². The molecule has 0 aliphatic rings. The van der Waals surface area contributed by atoms with Crippen molar-refractivity contribution in [2.45, 2.75) is 19.3 Å². The van der Waals surface area contributed by atoms with Crippen molar-refractivity contribution in [3.8, 4) is 0 Å². The highest BCUT2D eigenvalue weighted by atomic mass is 35.5. The molecule has 0 radical (unpaired) electrons. The first-order valence-electron chi connectivity index (χ1n) is 8.95. The van der Waals surface area contributed by atoms with Crippen LogP contribution in [0.2, 0.25) is 5.02 Å². The van der Waals surface area contributed by atoms with E-state index >= 15 is 0 Å². The molecular formula is C22H19ClN4. The van der Waals surface area contributed by atoms with E-state index in [9.17, 15) is 0 Å². The SMILES string of the molecule is Clc1ccc(Nc2nnc(CCCc3ccncc3)c3ccccc23)cc1. The third kappa shape index (κ3) is 4.23. The first-order valence-corrected chi connectivity index (χ1v) is 9.33. The molecule has 5 heteroatoms. The van der Waals surface area contributed by atoms with Crippen molar-refractivity contribution >= 4 is 33.9 Å². The Hall–Kier alpha value is -2.98. The second-order valence-electron chi connectivity index (χ2n) is 6.38. The topological polar surface area (TPSA) is 50.7 Å². The van der Waals surface area contributed by atoms with Gasteiger partial charge in [-0.15, -0.1) is 5.10 Å². The molecule has 4 rings (SSSR count). The minimum absolute atomic E-state index is 0.709. The van der Waals surface area contributed by atoms with E-state index in [1.54, 1.807) is 0 Å². The number of hydrogen-bond acceptors (Lipinski definition) is 4. The number of halogens is 1. The Morgan fingerprint density at radius 1 is 0.778 bits per heavy atom. The quantitative estimate of drug-likeness (QED) is 0.477. The van der Waals surface area contributed by atoms with Gasteiger partial charge in [0.05, 0.1) is 5.69 Å². The summed E-state index contributed by atoms with van der Waals surface area (Å²) in [6, 6.07) is 19.9. The van der Waals surface area contributed by atoms with E-state index in [1.807, 2.05) is 48.8 Å². The van der Waals surface area contributed by atoms with Gasteiger partial charge in [0.2, 0.25) is 0 Å². The first-order chi connectivity index (χ1) is 13.3. The summed E-state index contributed by atoms with van der Waals surface area (Å²) in [5.41, 5.74) is 3.26. The van der Waals surface area contributed by atoms with Crippen molar-refractivity contribution in [2.75, 3.05) is 5.32 Å². The van der Waals surface area contributed by atoms with Crippen molar-refractivity contribution in [1.29, 1.82) is 0 Å². The number of pyridine rings is 1. The molecule has 2 heterocycles. The van der Waals surface area contributed by atoms with Crippen molar-refractivity contribution in [2.24, 2.45) is 0 Å². The van der Waals surface area contributed by atoms with Gasteiger partial charge in [0.15, 0.2) is 5.82 Å². The molecule has 2 aromatic carbocycles. The maximum Gasteiger partial charge on any atom is 0.160 e. The van der Waals surface area contributed by atoms with Crippen molar-refractivity contribution in [1.82, 2.24) is 15.2 Å². The van der Waals surface area contributed by atoms with Gasteiger partial charge in [-0.05, 0) is 61.2 Å². The van der Waals surface area contributed by atoms with Crippen LogP contribution in [-0.2, 0) is 12.8 Å². The van der Waals surface area contributed by atoms with Crippen LogP contribution < -0.4 is 5.32 Å². The summed E-state index contributed by atoms with van der Waals surface area (Å²) in [5, 5.41) is 15.2. The van der Waals surface area contributed by atoms with Crippen LogP contribution >= 0.6 is 11.6 Å². The molecule has 0 saturated heterocycles. The first kappa shape index (κ1) is 17.4. The van der Waals surface area contributed by atoms with Crippen LogP contribution in [0.15, 0.2) is 73.1 Å². The van der Waals surface area contributed by atoms with Gasteiger partial charge in [0, 0.05) is 33.9 Å². The summed E-state index contributed by atoms with van der Waals surface area (Å²) in [7, 11) is 0. The number of hydrogen-bond donors (Lipinski definition) is 1. The molecule has 0 aliphatic heterocycles. The maximum atomic E-state index is 5.96. The zero-order valence-corrected chi connectivity index (χ0v) is 15.5. The Balaban J connectivity index is 1.55. The lowest BCUT2D eigenvalue weighted by Gasteiger charge is -2.11. The monoisotopic (exact) mass is 374 g/mol. The lowest BCUT2D eigenvalue weighted by Crippen LogP contribution is -2.02. The molecule has 0 bridgehead atoms. The summed E-state index contributed by atoms with van der Waals surface area (Å²) in [6.07, 6.45) is 6.58. The molecule has 0 atom stereocenters. The van der Waals surface area contributed by atoms with E-state index in [0.717, 1.165) is 47.2 Å². The zero-order valence-electron chi connectivity index (χ0n) is 14.8. The predicted octanol–water partition coefficient (Wildman–Crippen LogP) is 5.60. The van der Waals surface area contributed by atoms with Crippen LogP contribution in [0.25, 0.3) is 10.8 Å². The Labute approximate surface area is 163 Å². The van der Waals surface area contributed by atoms with E-state index < -0.39 is 0 Å². The Morgan fingerprint density at radius 3 is 2.30 bits per heavy atom. The molecule has 0 amide bonds. The number of fused-ring (bicyclic) bond motifs is 1. The molecule has 0 spiro atoms. The van der Waals surface area contributed by atoms with E-state index in [2.05, 4.69) is 44.8 Å². The van der Waals surface area contributed by atoms with Crippen molar-refractivity contribution in [3.63, 3.8) is 0 Å². The van der Waals surface area contributed by atoms with E-state index in [-0.39, 0.29) is 0 Å². The smallest absolute Gasteiger partial charge is 0.160 e. The summed E-state index contributed by atoms with van der Waals surface area (Å²) < 4.78 is 0. The Morgan fingerprint density at radius 2 is 1.52 bits per heavy atom. The Kier molecular flexibility index (Phi) is 5.26. The molecule has 4 aromatic rings. The third-order valence-corrected chi connectivity index (χ3v) is 4.75. The summed E-state index contributed by atoms with van der Waals surface area (Å²) >= 11 is 5.96. The predicted molar refractivity (Wildman–Crippen MR) is 111 cm³/mol. The lowest BCUT2D eigenvalue weighted by molar-refractivity contribution is 0.787. The van der Waals surface area contributed by atoms with Gasteiger partial charge in [-0.2, -0.15) is 5.10 Å². The van der Waals surface area contributed by atoms with Gasteiger partial charge in [0.1, 0.15) is 0 Å². The zero-order chi connectivity index (χ0) is 18.5. The molecule has 4 nitrogen and oxygen atoms in total. The number of nitrogens with zero attached hydrogens (tertiary/aromatic N) is 3. The maximum absolute atomic E-state index is 5.96. The highest BCUT2D eigenvalue weighted by Crippen LogP contribution is 2.27. The normalized spacial score (nSPS) is 10.9. The van der Waals surface area contributed by atoms with Gasteiger partial charge in [-0.1, -0.05) is 35.9 Å². The van der Waals surface area contributed by atoms with Gasteiger partial charge >= 0.3 is 0 Å². The average molecular weight is 375 g/mol. The largest absolute Gasteiger partial charge is 0.338 e. The standard InChI is InChI=1S/C22H19ClN4/c23-17-8-10-18(11-9-17)25-22-20-6-2-1-5-19(20)21(26-27-22)7-3-4-16-12-14-24-15-13-16/h1-2,5-6,8-15H,3-4,7H2,(H,25,27). The van der Waals surface area contributed by atoms with E-state index in [1.165, 1.54) is 5.56 Å². The highest BCUT2D eigenvalue weighted by molar-refractivity contribution is 6.30. The second-order valence-corrected chi connectivity index (χ2v) is 6.82. The number of aromatic nitrogens is 3. The summed E-state index contributed by atoms with van der Waals surface area (Å²) in [5.74, 6) is 0.755. The molecule has 0 unspecified atom stereocenters. The van der Waals surface area contributed by atoms with Crippen molar-refractivity contribution in [3.05, 3.63) is 89.3 Å². The molecule has 0 fully saturated rings. The highest BCUT2D eigenvalue weighted by Gasteiger charge is 2.09. The van der Waals surface area contributed by atoms with Crippen LogP contribution in [0.1, 0.15) is 17.7 Å². The van der Waals surface area contributed by atoms with Crippen LogP contribution in [0.5, 0.6) is 0 Å². The van der Waals surface area contributed by atoms with Gasteiger partial charge < -0.3 is 5.32 Å². The van der Waals surface area contributed by atoms with Crippen LogP contribution in [0.4, 0.5) is 11.5 Å². The summed E-state index contributed by atoms with van der Waals surface area (Å²) in [4.78, 5) is 4.06. The number of aryl methyl sites for hydroxylation is 2. The molecule has 27 heavy (non-hydrogen) atoms. The molecule has 1 N–H and O–H groups in total. The van der Waals surface area contributed by atoms with Crippen LogP contribution in [-0.4, -0.2) is 15.2 Å².